The van der Waals surface area contributed by atoms with Crippen molar-refractivity contribution in [2.45, 2.75) is 25.1 Å². The molecule has 2 aliphatic heterocycles. The molecule has 0 aromatic heterocycles. The van der Waals surface area contributed by atoms with Gasteiger partial charge in [-0.05, 0) is 24.9 Å². The zero-order valence-corrected chi connectivity index (χ0v) is 7.43. The number of alkyl halides is 1. The van der Waals surface area contributed by atoms with Crippen LogP contribution in [0.3, 0.4) is 0 Å². The van der Waals surface area contributed by atoms with Crippen LogP contribution >= 0.6 is 0 Å². The fraction of sp³-hybridized carbons (Fsp3) is 1.00. The van der Waals surface area contributed by atoms with Crippen molar-refractivity contribution in [1.82, 2.24) is 4.90 Å². The van der Waals surface area contributed by atoms with Gasteiger partial charge >= 0.3 is 0 Å². The van der Waals surface area contributed by atoms with E-state index >= 15 is 0 Å². The van der Waals surface area contributed by atoms with Crippen molar-refractivity contribution in [3.63, 3.8) is 0 Å². The normalized spacial score (nSPS) is 38.7. The summed E-state index contributed by atoms with van der Waals surface area (Å²) in [5.74, 6) is -0.0570. The first-order chi connectivity index (χ1) is 6.33. The molecular formula is C8H13FN4. The highest BCUT2D eigenvalue weighted by atomic mass is 19.1. The van der Waals surface area contributed by atoms with Gasteiger partial charge in [0.2, 0.25) is 0 Å². The molecule has 2 rings (SSSR count). The maximum atomic E-state index is 13.4. The summed E-state index contributed by atoms with van der Waals surface area (Å²) in [7, 11) is 0. The van der Waals surface area contributed by atoms with Crippen LogP contribution in [0.5, 0.6) is 0 Å². The number of fused-ring (bicyclic) bond motifs is 1. The lowest BCUT2D eigenvalue weighted by Gasteiger charge is -2.17. The van der Waals surface area contributed by atoms with Crippen molar-refractivity contribution in [3.8, 4) is 0 Å². The third-order valence-corrected chi connectivity index (χ3v) is 3.14. The molecule has 0 amide bonds. The van der Waals surface area contributed by atoms with Crippen molar-refractivity contribution in [2.24, 2.45) is 11.0 Å². The fourth-order valence-electron chi connectivity index (χ4n) is 2.53. The molecule has 0 saturated carbocycles. The van der Waals surface area contributed by atoms with Gasteiger partial charge in [0.15, 0.2) is 0 Å². The van der Waals surface area contributed by atoms with Crippen molar-refractivity contribution in [3.05, 3.63) is 10.4 Å². The smallest absolute Gasteiger partial charge is 0.117 e. The molecule has 0 bridgehead atoms. The molecule has 0 aromatic carbocycles. The van der Waals surface area contributed by atoms with Gasteiger partial charge in [-0.3, -0.25) is 4.90 Å². The lowest BCUT2D eigenvalue weighted by molar-refractivity contribution is 0.264. The molecule has 2 saturated heterocycles. The average molecular weight is 184 g/mol. The van der Waals surface area contributed by atoms with E-state index in [9.17, 15) is 4.39 Å². The van der Waals surface area contributed by atoms with Gasteiger partial charge in [0, 0.05) is 30.0 Å². The van der Waals surface area contributed by atoms with Gasteiger partial charge in [0.1, 0.15) is 6.17 Å². The summed E-state index contributed by atoms with van der Waals surface area (Å²) in [5.41, 5.74) is 8.18. The Balaban J connectivity index is 2.03. The molecule has 2 aliphatic rings. The van der Waals surface area contributed by atoms with Gasteiger partial charge in [-0.15, -0.1) is 0 Å². The van der Waals surface area contributed by atoms with Crippen LogP contribution in [-0.2, 0) is 0 Å². The molecule has 3 unspecified atom stereocenters. The summed E-state index contributed by atoms with van der Waals surface area (Å²) in [5, 5.41) is 3.48. The van der Waals surface area contributed by atoms with Crippen LogP contribution in [0.25, 0.3) is 10.4 Å². The highest BCUT2D eigenvalue weighted by Crippen LogP contribution is 2.34. The third kappa shape index (κ3) is 1.49. The van der Waals surface area contributed by atoms with Crippen molar-refractivity contribution in [2.75, 3.05) is 19.6 Å². The van der Waals surface area contributed by atoms with E-state index in [0.29, 0.717) is 19.1 Å². The largest absolute Gasteiger partial charge is 0.297 e. The Kier molecular flexibility index (Phi) is 2.38. The standard InChI is InChI=1S/C8H13FN4/c9-7-5-13-3-1-2-8(13)6(7)4-11-12-10/h6-8H,1-5H2. The maximum Gasteiger partial charge on any atom is 0.117 e. The molecule has 72 valence electrons. The molecule has 0 N–H and O–H groups in total. The van der Waals surface area contributed by atoms with E-state index in [1.807, 2.05) is 0 Å². The second-order valence-electron chi connectivity index (χ2n) is 3.80. The third-order valence-electron chi connectivity index (χ3n) is 3.14. The summed E-state index contributed by atoms with van der Waals surface area (Å²) in [6.45, 7) is 1.87. The first-order valence-corrected chi connectivity index (χ1v) is 4.72. The molecule has 2 heterocycles. The quantitative estimate of drug-likeness (QED) is 0.366. The Morgan fingerprint density at radius 1 is 1.62 bits per heavy atom. The number of hydrogen-bond acceptors (Lipinski definition) is 2. The molecule has 5 heteroatoms. The van der Waals surface area contributed by atoms with Crippen LogP contribution < -0.4 is 0 Å². The minimum atomic E-state index is -0.796. The van der Waals surface area contributed by atoms with E-state index in [2.05, 4.69) is 14.9 Å². The summed E-state index contributed by atoms with van der Waals surface area (Å²) in [6.07, 6.45) is 1.42. The minimum absolute atomic E-state index is 0.0570. The average Bonchev–Trinajstić information content (AvgIpc) is 2.62. The Hall–Kier alpha value is -0.800. The molecule has 2 fully saturated rings. The van der Waals surface area contributed by atoms with Gasteiger partial charge in [-0.1, -0.05) is 5.11 Å². The van der Waals surface area contributed by atoms with Gasteiger partial charge in [-0.2, -0.15) is 0 Å². The van der Waals surface area contributed by atoms with E-state index in [1.54, 1.807) is 0 Å². The summed E-state index contributed by atoms with van der Waals surface area (Å²) in [6, 6.07) is 0.334. The van der Waals surface area contributed by atoms with E-state index in [0.717, 1.165) is 19.4 Å². The van der Waals surface area contributed by atoms with Crippen LogP contribution in [0, 0.1) is 5.92 Å². The predicted molar refractivity (Wildman–Crippen MR) is 47.0 cm³/mol. The maximum absolute atomic E-state index is 13.4. The lowest BCUT2D eigenvalue weighted by atomic mass is 9.97. The summed E-state index contributed by atoms with van der Waals surface area (Å²) >= 11 is 0. The Morgan fingerprint density at radius 3 is 3.23 bits per heavy atom. The molecule has 0 spiro atoms. The Morgan fingerprint density at radius 2 is 2.46 bits per heavy atom. The molecule has 0 radical (unpaired) electrons. The highest BCUT2D eigenvalue weighted by Gasteiger charge is 2.43. The van der Waals surface area contributed by atoms with E-state index < -0.39 is 6.17 Å². The zero-order valence-electron chi connectivity index (χ0n) is 7.43. The van der Waals surface area contributed by atoms with E-state index in [4.69, 9.17) is 5.53 Å². The Bertz CT molecular complexity index is 238. The molecular weight excluding hydrogens is 171 g/mol. The van der Waals surface area contributed by atoms with Gasteiger partial charge in [0.05, 0.1) is 0 Å². The van der Waals surface area contributed by atoms with Gasteiger partial charge in [0.25, 0.3) is 0 Å². The van der Waals surface area contributed by atoms with Gasteiger partial charge < -0.3 is 0 Å². The van der Waals surface area contributed by atoms with Gasteiger partial charge in [-0.25, -0.2) is 4.39 Å². The number of rotatable bonds is 2. The molecule has 0 aliphatic carbocycles. The van der Waals surface area contributed by atoms with Crippen LogP contribution in [0.2, 0.25) is 0 Å². The number of halogens is 1. The van der Waals surface area contributed by atoms with Crippen LogP contribution in [0.15, 0.2) is 5.11 Å². The monoisotopic (exact) mass is 184 g/mol. The first-order valence-electron chi connectivity index (χ1n) is 4.72. The van der Waals surface area contributed by atoms with E-state index in [1.165, 1.54) is 0 Å². The van der Waals surface area contributed by atoms with Crippen molar-refractivity contribution < 1.29 is 4.39 Å². The number of hydrogen-bond donors (Lipinski definition) is 0. The Labute approximate surface area is 76.3 Å². The number of nitrogens with zero attached hydrogens (tertiary/aromatic N) is 4. The van der Waals surface area contributed by atoms with Crippen molar-refractivity contribution in [1.29, 1.82) is 0 Å². The van der Waals surface area contributed by atoms with Crippen LogP contribution in [0.1, 0.15) is 12.8 Å². The molecule has 3 atom stereocenters. The second kappa shape index (κ2) is 3.52. The summed E-state index contributed by atoms with van der Waals surface area (Å²) in [4.78, 5) is 4.87. The topological polar surface area (TPSA) is 52.0 Å². The zero-order chi connectivity index (χ0) is 9.26. The second-order valence-corrected chi connectivity index (χ2v) is 3.80. The SMILES string of the molecule is [N-]=[N+]=NCC1C(F)CN2CCCC12. The van der Waals surface area contributed by atoms with Crippen LogP contribution in [-0.4, -0.2) is 36.7 Å². The first kappa shape index (κ1) is 8.78. The predicted octanol–water partition coefficient (Wildman–Crippen LogP) is 1.73. The van der Waals surface area contributed by atoms with Crippen LogP contribution in [0.4, 0.5) is 4.39 Å². The van der Waals surface area contributed by atoms with Crippen molar-refractivity contribution >= 4 is 0 Å². The molecule has 4 nitrogen and oxygen atoms in total. The molecule has 13 heavy (non-hydrogen) atoms. The minimum Gasteiger partial charge on any atom is -0.297 e. The fourth-order valence-corrected chi connectivity index (χ4v) is 2.53. The number of azide groups is 1. The molecule has 0 aromatic rings. The highest BCUT2D eigenvalue weighted by molar-refractivity contribution is 4.97. The lowest BCUT2D eigenvalue weighted by Crippen LogP contribution is -2.27. The van der Waals surface area contributed by atoms with E-state index in [-0.39, 0.29) is 5.92 Å². The summed E-state index contributed by atoms with van der Waals surface area (Å²) < 4.78 is 13.4.